The molecule has 1 aromatic carbocycles. The van der Waals surface area contributed by atoms with E-state index in [2.05, 4.69) is 11.9 Å². The molecule has 0 unspecified atom stereocenters. The molecule has 1 amide bonds. The molecule has 0 spiro atoms. The summed E-state index contributed by atoms with van der Waals surface area (Å²) in [5, 5.41) is 2.69. The Bertz CT molecular complexity index is 501. The Morgan fingerprint density at radius 3 is 2.55 bits per heavy atom. The molecule has 0 aliphatic heterocycles. The maximum absolute atomic E-state index is 11.7. The molecule has 4 nitrogen and oxygen atoms in total. The maximum atomic E-state index is 11.7. The van der Waals surface area contributed by atoms with Gasteiger partial charge >= 0.3 is 5.97 Å². The predicted molar refractivity (Wildman–Crippen MR) is 78.0 cm³/mol. The molecule has 1 rings (SSSR count). The van der Waals surface area contributed by atoms with Gasteiger partial charge in [0.05, 0.1) is 6.42 Å². The summed E-state index contributed by atoms with van der Waals surface area (Å²) >= 11 is 0. The van der Waals surface area contributed by atoms with Gasteiger partial charge in [0.15, 0.2) is 0 Å². The average Bonchev–Trinajstić information content (AvgIpc) is 2.34. The first-order valence-electron chi connectivity index (χ1n) is 6.50. The van der Waals surface area contributed by atoms with Crippen LogP contribution >= 0.6 is 0 Å². The minimum atomic E-state index is -0.480. The second-order valence-electron chi connectivity index (χ2n) is 5.51. The summed E-state index contributed by atoms with van der Waals surface area (Å²) in [6.45, 7) is 9.32. The van der Waals surface area contributed by atoms with Crippen molar-refractivity contribution in [1.29, 1.82) is 0 Å². The maximum Gasteiger partial charge on any atom is 0.310 e. The highest BCUT2D eigenvalue weighted by Gasteiger charge is 2.16. The zero-order valence-electron chi connectivity index (χ0n) is 12.2. The molecular weight excluding hydrogens is 254 g/mol. The number of rotatable bonds is 5. The molecule has 4 heteroatoms. The van der Waals surface area contributed by atoms with Crippen LogP contribution in [0, 0.1) is 0 Å². The summed E-state index contributed by atoms with van der Waals surface area (Å²) in [6, 6.07) is 7.49. The summed E-state index contributed by atoms with van der Waals surface area (Å²) in [5.41, 5.74) is 1.32. The minimum absolute atomic E-state index is 0.220. The van der Waals surface area contributed by atoms with E-state index in [-0.39, 0.29) is 18.3 Å². The Hall–Kier alpha value is -2.10. The van der Waals surface area contributed by atoms with Crippen LogP contribution in [0.15, 0.2) is 36.9 Å². The molecule has 0 saturated carbocycles. The Balaban J connectivity index is 2.61. The van der Waals surface area contributed by atoms with E-state index < -0.39 is 5.60 Å². The molecule has 0 saturated heterocycles. The van der Waals surface area contributed by atoms with E-state index in [0.717, 1.165) is 11.1 Å². The molecular formula is C16H21NO3. The molecule has 0 heterocycles. The summed E-state index contributed by atoms with van der Waals surface area (Å²) in [5.74, 6) is -0.479. The first-order chi connectivity index (χ1) is 9.30. The van der Waals surface area contributed by atoms with Crippen molar-refractivity contribution in [3.63, 3.8) is 0 Å². The number of hydrogen-bond donors (Lipinski definition) is 1. The summed E-state index contributed by atoms with van der Waals surface area (Å²) in [6.07, 6.45) is 1.45. The summed E-state index contributed by atoms with van der Waals surface area (Å²) < 4.78 is 5.28. The molecule has 1 aromatic rings. The van der Waals surface area contributed by atoms with Crippen LogP contribution in [0.3, 0.4) is 0 Å². The topological polar surface area (TPSA) is 55.4 Å². The number of ether oxygens (including phenoxy) is 1. The lowest BCUT2D eigenvalue weighted by atomic mass is 10.1. The molecule has 0 radical (unpaired) electrons. The molecule has 0 fully saturated rings. The fourth-order valence-corrected chi connectivity index (χ4v) is 1.66. The Kier molecular flexibility index (Phi) is 5.50. The first kappa shape index (κ1) is 16.0. The van der Waals surface area contributed by atoms with Crippen LogP contribution in [-0.4, -0.2) is 17.5 Å². The Morgan fingerprint density at radius 2 is 1.95 bits per heavy atom. The quantitative estimate of drug-likeness (QED) is 0.663. The van der Waals surface area contributed by atoms with Gasteiger partial charge in [-0.1, -0.05) is 30.8 Å². The number of nitrogens with one attached hydrogen (secondary N) is 1. The van der Waals surface area contributed by atoms with E-state index in [1.54, 1.807) is 0 Å². The van der Waals surface area contributed by atoms with Gasteiger partial charge in [-0.3, -0.25) is 9.59 Å². The van der Waals surface area contributed by atoms with Crippen molar-refractivity contribution >= 4 is 11.9 Å². The van der Waals surface area contributed by atoms with E-state index in [4.69, 9.17) is 4.74 Å². The van der Waals surface area contributed by atoms with Gasteiger partial charge < -0.3 is 10.1 Å². The zero-order chi connectivity index (χ0) is 15.2. The number of hydrogen-bond acceptors (Lipinski definition) is 3. The first-order valence-corrected chi connectivity index (χ1v) is 6.50. The van der Waals surface area contributed by atoms with Gasteiger partial charge in [0.2, 0.25) is 5.91 Å². The van der Waals surface area contributed by atoms with Crippen LogP contribution in [0.25, 0.3) is 0 Å². The average molecular weight is 275 g/mol. The third kappa shape index (κ3) is 6.18. The van der Waals surface area contributed by atoms with Crippen LogP contribution in [0.4, 0.5) is 0 Å². The van der Waals surface area contributed by atoms with E-state index in [1.165, 1.54) is 6.08 Å². The Labute approximate surface area is 119 Å². The number of benzene rings is 1. The molecule has 0 aliphatic rings. The predicted octanol–water partition coefficient (Wildman–Crippen LogP) is 2.37. The minimum Gasteiger partial charge on any atom is -0.460 e. The van der Waals surface area contributed by atoms with Crippen LogP contribution in [0.2, 0.25) is 0 Å². The largest absolute Gasteiger partial charge is 0.460 e. The van der Waals surface area contributed by atoms with Gasteiger partial charge in [0.25, 0.3) is 0 Å². The van der Waals surface area contributed by atoms with Crippen molar-refractivity contribution in [3.8, 4) is 0 Å². The monoisotopic (exact) mass is 275 g/mol. The lowest BCUT2D eigenvalue weighted by Crippen LogP contribution is -2.25. The van der Waals surface area contributed by atoms with Crippen molar-refractivity contribution in [2.45, 2.75) is 39.3 Å². The van der Waals surface area contributed by atoms with Crippen molar-refractivity contribution < 1.29 is 14.3 Å². The number of amides is 1. The van der Waals surface area contributed by atoms with Crippen molar-refractivity contribution in [2.75, 3.05) is 0 Å². The van der Waals surface area contributed by atoms with Gasteiger partial charge in [0, 0.05) is 6.54 Å². The van der Waals surface area contributed by atoms with Crippen LogP contribution in [0.5, 0.6) is 0 Å². The fourth-order valence-electron chi connectivity index (χ4n) is 1.66. The van der Waals surface area contributed by atoms with Gasteiger partial charge in [-0.15, -0.1) is 0 Å². The lowest BCUT2D eigenvalue weighted by Gasteiger charge is -2.19. The normalized spacial score (nSPS) is 10.8. The molecule has 0 aliphatic carbocycles. The Morgan fingerprint density at radius 1 is 1.30 bits per heavy atom. The number of esters is 1. The van der Waals surface area contributed by atoms with Crippen molar-refractivity contribution in [2.24, 2.45) is 0 Å². The molecule has 20 heavy (non-hydrogen) atoms. The highest BCUT2D eigenvalue weighted by atomic mass is 16.6. The summed E-state index contributed by atoms with van der Waals surface area (Å²) in [7, 11) is 0. The SMILES string of the molecule is C=CC(=O)NCc1cccc(CC(=O)OC(C)(C)C)c1. The van der Waals surface area contributed by atoms with Crippen molar-refractivity contribution in [1.82, 2.24) is 5.32 Å². The van der Waals surface area contributed by atoms with Gasteiger partial charge in [-0.2, -0.15) is 0 Å². The molecule has 0 aromatic heterocycles. The van der Waals surface area contributed by atoms with Gasteiger partial charge in [0.1, 0.15) is 5.60 Å². The number of carbonyl (C=O) groups is 2. The highest BCUT2D eigenvalue weighted by molar-refractivity contribution is 5.86. The fraction of sp³-hybridized carbons (Fsp3) is 0.375. The third-order valence-electron chi connectivity index (χ3n) is 2.41. The molecule has 0 atom stereocenters. The molecule has 108 valence electrons. The van der Waals surface area contributed by atoms with Crippen LogP contribution < -0.4 is 5.32 Å². The smallest absolute Gasteiger partial charge is 0.310 e. The number of carbonyl (C=O) groups excluding carboxylic acids is 2. The van der Waals surface area contributed by atoms with E-state index in [1.807, 2.05) is 45.0 Å². The van der Waals surface area contributed by atoms with Crippen LogP contribution in [-0.2, 0) is 27.3 Å². The highest BCUT2D eigenvalue weighted by Crippen LogP contribution is 2.11. The van der Waals surface area contributed by atoms with E-state index >= 15 is 0 Å². The second-order valence-corrected chi connectivity index (χ2v) is 5.51. The van der Waals surface area contributed by atoms with E-state index in [9.17, 15) is 9.59 Å². The van der Waals surface area contributed by atoms with Crippen LogP contribution in [0.1, 0.15) is 31.9 Å². The standard InChI is InChI=1S/C16H21NO3/c1-5-14(18)17-11-13-8-6-7-12(9-13)10-15(19)20-16(2,3)4/h5-9H,1,10-11H2,2-4H3,(H,17,18). The van der Waals surface area contributed by atoms with E-state index in [0.29, 0.717) is 6.54 Å². The molecule has 0 bridgehead atoms. The molecule has 1 N–H and O–H groups in total. The van der Waals surface area contributed by atoms with Crippen molar-refractivity contribution in [3.05, 3.63) is 48.0 Å². The zero-order valence-corrected chi connectivity index (χ0v) is 12.2. The van der Waals surface area contributed by atoms with Gasteiger partial charge in [-0.05, 0) is 38.0 Å². The summed E-state index contributed by atoms with van der Waals surface area (Å²) in [4.78, 5) is 22.8. The lowest BCUT2D eigenvalue weighted by molar-refractivity contribution is -0.153. The second kappa shape index (κ2) is 6.89. The third-order valence-corrected chi connectivity index (χ3v) is 2.41. The van der Waals surface area contributed by atoms with Gasteiger partial charge in [-0.25, -0.2) is 0 Å².